The second kappa shape index (κ2) is 12.9. The highest BCUT2D eigenvalue weighted by atomic mass is 35.5. The van der Waals surface area contributed by atoms with E-state index in [1.165, 1.54) is 23.9 Å². The molecule has 10 heteroatoms. The van der Waals surface area contributed by atoms with E-state index in [1.54, 1.807) is 18.2 Å². The maximum Gasteiger partial charge on any atom is 0.169 e. The number of morpholine rings is 1. The predicted molar refractivity (Wildman–Crippen MR) is 168 cm³/mol. The lowest BCUT2D eigenvalue weighted by Gasteiger charge is -2.49. The van der Waals surface area contributed by atoms with Crippen molar-refractivity contribution in [1.29, 1.82) is 0 Å². The number of nitrogens with zero attached hydrogens (tertiary/aromatic N) is 3. The smallest absolute Gasteiger partial charge is 0.169 e. The minimum atomic E-state index is -0.541. The second-order valence-electron chi connectivity index (χ2n) is 11.6. The zero-order valence-corrected chi connectivity index (χ0v) is 26.6. The fourth-order valence-corrected chi connectivity index (χ4v) is 8.08. The number of hydrogen-bond donors (Lipinski definition) is 0. The zero-order valence-electron chi connectivity index (χ0n) is 24.2. The van der Waals surface area contributed by atoms with Gasteiger partial charge < -0.3 is 14.0 Å². The fourth-order valence-electron chi connectivity index (χ4n) is 6.55. The number of hydrogen-bond acceptors (Lipinski definition) is 5. The fraction of sp³-hybridized carbons (Fsp3) is 0.424. The molecule has 1 aromatic heterocycles. The van der Waals surface area contributed by atoms with E-state index in [9.17, 15) is 8.78 Å². The molecule has 1 saturated heterocycles. The first kappa shape index (κ1) is 30.7. The van der Waals surface area contributed by atoms with Crippen molar-refractivity contribution in [3.05, 3.63) is 99.3 Å². The minimum absolute atomic E-state index is 0.0200. The van der Waals surface area contributed by atoms with Crippen LogP contribution in [0.2, 0.25) is 10.0 Å². The Morgan fingerprint density at radius 3 is 2.74 bits per heavy atom. The summed E-state index contributed by atoms with van der Waals surface area (Å²) in [4.78, 5) is 7.21. The van der Waals surface area contributed by atoms with Crippen molar-refractivity contribution in [2.75, 3.05) is 39.5 Å². The van der Waals surface area contributed by atoms with Gasteiger partial charge in [0.2, 0.25) is 0 Å². The van der Waals surface area contributed by atoms with E-state index in [1.807, 2.05) is 30.5 Å². The van der Waals surface area contributed by atoms with Crippen molar-refractivity contribution in [2.45, 2.75) is 42.6 Å². The van der Waals surface area contributed by atoms with Crippen LogP contribution >= 0.6 is 35.0 Å². The molecule has 1 fully saturated rings. The lowest BCUT2D eigenvalue weighted by molar-refractivity contribution is 0.0358. The third-order valence-corrected chi connectivity index (χ3v) is 10.9. The van der Waals surface area contributed by atoms with Gasteiger partial charge in [-0.15, -0.1) is 0 Å². The Morgan fingerprint density at radius 1 is 1.14 bits per heavy atom. The topological polar surface area (TPSA) is 39.5 Å². The molecule has 4 atom stereocenters. The van der Waals surface area contributed by atoms with E-state index in [0.29, 0.717) is 33.7 Å². The summed E-state index contributed by atoms with van der Waals surface area (Å²) >= 11 is 14.4. The molecule has 43 heavy (non-hydrogen) atoms. The van der Waals surface area contributed by atoms with Gasteiger partial charge in [0.1, 0.15) is 17.4 Å². The number of benzene rings is 2. The highest BCUT2D eigenvalue weighted by Gasteiger charge is 2.49. The van der Waals surface area contributed by atoms with Crippen LogP contribution in [-0.4, -0.2) is 53.9 Å². The number of halogens is 4. The van der Waals surface area contributed by atoms with E-state index in [2.05, 4.69) is 23.3 Å². The Balaban J connectivity index is 1.30. The third-order valence-electron chi connectivity index (χ3n) is 9.20. The van der Waals surface area contributed by atoms with Crippen molar-refractivity contribution >= 4 is 35.0 Å². The van der Waals surface area contributed by atoms with E-state index >= 15 is 0 Å². The molecule has 3 aromatic rings. The van der Waals surface area contributed by atoms with Crippen LogP contribution in [0.15, 0.2) is 71.8 Å². The molecule has 3 heterocycles. The van der Waals surface area contributed by atoms with Crippen molar-refractivity contribution in [3.8, 4) is 5.75 Å². The van der Waals surface area contributed by atoms with Crippen LogP contribution in [0, 0.1) is 17.7 Å². The number of fused-ring (bicyclic) bond motifs is 3. The molecule has 1 aliphatic carbocycles. The highest BCUT2D eigenvalue weighted by molar-refractivity contribution is 7.98. The molecule has 5 nitrogen and oxygen atoms in total. The molecule has 0 N–H and O–H groups in total. The van der Waals surface area contributed by atoms with Gasteiger partial charge in [0, 0.05) is 53.0 Å². The number of imidazole rings is 1. The predicted octanol–water partition coefficient (Wildman–Crippen LogP) is 8.26. The summed E-state index contributed by atoms with van der Waals surface area (Å²) in [6, 6.07) is 10.5. The second-order valence-corrected chi connectivity index (χ2v) is 13.3. The number of thioether (sulfide) groups is 1. The molecule has 6 rings (SSSR count). The van der Waals surface area contributed by atoms with Crippen LogP contribution in [-0.2, 0) is 15.9 Å². The van der Waals surface area contributed by atoms with Crippen LogP contribution in [0.5, 0.6) is 5.75 Å². The van der Waals surface area contributed by atoms with Gasteiger partial charge in [0.15, 0.2) is 5.16 Å². The Kier molecular flexibility index (Phi) is 9.22. The summed E-state index contributed by atoms with van der Waals surface area (Å²) in [5.74, 6) is 0.267. The van der Waals surface area contributed by atoms with Crippen molar-refractivity contribution in [1.82, 2.24) is 14.5 Å². The van der Waals surface area contributed by atoms with Gasteiger partial charge in [0.25, 0.3) is 0 Å². The first-order valence-corrected chi connectivity index (χ1v) is 16.4. The number of aromatic nitrogens is 2. The average molecular weight is 647 g/mol. The zero-order chi connectivity index (χ0) is 30.1. The summed E-state index contributed by atoms with van der Waals surface area (Å²) in [6.45, 7) is 9.28. The molecule has 0 spiro atoms. The van der Waals surface area contributed by atoms with Crippen LogP contribution in [0.1, 0.15) is 43.1 Å². The third kappa shape index (κ3) is 6.01. The number of ether oxygens (including phenoxy) is 2. The molecule has 0 radical (unpaired) electrons. The highest BCUT2D eigenvalue weighted by Crippen LogP contribution is 2.54. The summed E-state index contributed by atoms with van der Waals surface area (Å²) in [5.41, 5.74) is 1.92. The molecule has 3 aliphatic rings. The number of rotatable bonds is 9. The summed E-state index contributed by atoms with van der Waals surface area (Å²) in [6.07, 6.45) is 7.93. The lowest BCUT2D eigenvalue weighted by Crippen LogP contribution is -2.46. The Morgan fingerprint density at radius 2 is 1.95 bits per heavy atom. The number of allylic oxidation sites excluding steroid dienone is 4. The molecular formula is C33H35Cl2F2N3O2S. The van der Waals surface area contributed by atoms with Gasteiger partial charge in [-0.2, -0.15) is 0 Å². The monoisotopic (exact) mass is 645 g/mol. The van der Waals surface area contributed by atoms with Gasteiger partial charge >= 0.3 is 0 Å². The first-order chi connectivity index (χ1) is 20.8. The summed E-state index contributed by atoms with van der Waals surface area (Å²) < 4.78 is 43.1. The SMILES string of the molecule is CC1C2C=C(F)C=CC2n2c(cnc2SCc2c(F)cccc2Cl)C1(C)c1ccc(Cl)c(OCCCN2CCOCC2)c1. The van der Waals surface area contributed by atoms with E-state index in [0.717, 1.165) is 55.7 Å². The van der Waals surface area contributed by atoms with Gasteiger partial charge in [-0.25, -0.2) is 13.8 Å². The molecule has 0 bridgehead atoms. The van der Waals surface area contributed by atoms with E-state index in [-0.39, 0.29) is 29.5 Å². The molecule has 0 amide bonds. The lowest BCUT2D eigenvalue weighted by atomic mass is 9.61. The quantitative estimate of drug-likeness (QED) is 0.173. The molecule has 2 aliphatic heterocycles. The van der Waals surface area contributed by atoms with Crippen LogP contribution in [0.3, 0.4) is 0 Å². The van der Waals surface area contributed by atoms with Crippen LogP contribution in [0.4, 0.5) is 8.78 Å². The molecule has 0 saturated carbocycles. The maximum atomic E-state index is 14.7. The van der Waals surface area contributed by atoms with Crippen molar-refractivity contribution < 1.29 is 18.3 Å². The summed E-state index contributed by atoms with van der Waals surface area (Å²) in [5, 5.41) is 1.67. The Labute approximate surface area is 265 Å². The molecule has 228 valence electrons. The van der Waals surface area contributed by atoms with Gasteiger partial charge in [-0.3, -0.25) is 4.90 Å². The minimum Gasteiger partial charge on any atom is -0.492 e. The van der Waals surface area contributed by atoms with E-state index < -0.39 is 5.41 Å². The largest absolute Gasteiger partial charge is 0.492 e. The molecular weight excluding hydrogens is 611 g/mol. The van der Waals surface area contributed by atoms with Crippen molar-refractivity contribution in [3.63, 3.8) is 0 Å². The average Bonchev–Trinajstić information content (AvgIpc) is 3.44. The van der Waals surface area contributed by atoms with Crippen LogP contribution in [0.25, 0.3) is 0 Å². The van der Waals surface area contributed by atoms with Crippen molar-refractivity contribution in [2.24, 2.45) is 11.8 Å². The van der Waals surface area contributed by atoms with Gasteiger partial charge in [-0.05, 0) is 61.2 Å². The summed E-state index contributed by atoms with van der Waals surface area (Å²) in [7, 11) is 0. The Bertz CT molecular complexity index is 1520. The maximum absolute atomic E-state index is 14.7. The van der Waals surface area contributed by atoms with Gasteiger partial charge in [0.05, 0.1) is 37.1 Å². The van der Waals surface area contributed by atoms with Gasteiger partial charge in [-0.1, -0.05) is 60.1 Å². The Hall–Kier alpha value is -2.36. The first-order valence-electron chi connectivity index (χ1n) is 14.7. The standard InChI is InChI=1S/C33H35Cl2F2N3O2S/c1-21-24-18-23(36)8-10-29(24)40-31(19-38-32(40)43-20-25-26(34)5-3-6-28(25)37)33(21,2)22-7-9-27(35)30(17-22)42-14-4-11-39-12-15-41-16-13-39/h3,5-10,17-19,21,24,29H,4,11-16,20H2,1-2H3. The normalized spacial score (nSPS) is 25.3. The van der Waals surface area contributed by atoms with Crippen LogP contribution < -0.4 is 4.74 Å². The molecule has 4 unspecified atom stereocenters. The molecule has 2 aromatic carbocycles. The van der Waals surface area contributed by atoms with E-state index in [4.69, 9.17) is 37.7 Å².